The van der Waals surface area contributed by atoms with E-state index in [1.165, 1.54) is 22.5 Å². The number of fused-ring (bicyclic) bond motifs is 4. The Kier molecular flexibility index (Phi) is 5.04. The Bertz CT molecular complexity index is 1920. The molecule has 0 saturated carbocycles. The van der Waals surface area contributed by atoms with Gasteiger partial charge in [-0.3, -0.25) is 9.36 Å². The van der Waals surface area contributed by atoms with Crippen LogP contribution in [-0.2, 0) is 6.42 Å². The molecule has 0 fully saturated rings. The number of hydrogen-bond donors (Lipinski definition) is 1. The maximum Gasteiger partial charge on any atom is 0.271 e. The monoisotopic (exact) mass is 503 g/mol. The van der Waals surface area contributed by atoms with E-state index in [4.69, 9.17) is 9.73 Å². The van der Waals surface area contributed by atoms with Crippen LogP contribution in [0.15, 0.2) is 88.2 Å². The van der Waals surface area contributed by atoms with Crippen LogP contribution in [0.3, 0.4) is 0 Å². The number of para-hydroxylation sites is 2. The van der Waals surface area contributed by atoms with Crippen molar-refractivity contribution in [1.29, 1.82) is 0 Å². The first-order chi connectivity index (χ1) is 18.1. The van der Waals surface area contributed by atoms with Gasteiger partial charge in [-0.1, -0.05) is 72.0 Å². The third kappa shape index (κ3) is 3.36. The average Bonchev–Trinajstić information content (AvgIpc) is 3.42. The lowest BCUT2D eigenvalue weighted by Crippen LogP contribution is -2.39. The molecule has 1 aliphatic heterocycles. The predicted molar refractivity (Wildman–Crippen MR) is 149 cm³/mol. The van der Waals surface area contributed by atoms with Crippen LogP contribution in [0.4, 0.5) is 0 Å². The third-order valence-electron chi connectivity index (χ3n) is 7.53. The smallest absolute Gasteiger partial charge is 0.271 e. The number of methoxy groups -OCH3 is 1. The zero-order valence-corrected chi connectivity index (χ0v) is 21.4. The second-order valence-electron chi connectivity index (χ2n) is 9.56. The molecule has 5 aromatic rings. The largest absolute Gasteiger partial charge is 0.496 e. The summed E-state index contributed by atoms with van der Waals surface area (Å²) < 4.78 is 8.34. The second-order valence-corrected chi connectivity index (χ2v) is 10.6. The zero-order chi connectivity index (χ0) is 25.1. The molecule has 1 aliphatic carbocycles. The topological polar surface area (TPSA) is 59.4 Å². The van der Waals surface area contributed by atoms with Gasteiger partial charge in [-0.2, -0.15) is 0 Å². The van der Waals surface area contributed by atoms with Crippen molar-refractivity contribution < 1.29 is 4.74 Å². The quantitative estimate of drug-likeness (QED) is 0.372. The van der Waals surface area contributed by atoms with Crippen LogP contribution >= 0.6 is 11.3 Å². The molecule has 0 radical (unpaired) electrons. The van der Waals surface area contributed by atoms with E-state index >= 15 is 0 Å². The minimum absolute atomic E-state index is 0.0188. The van der Waals surface area contributed by atoms with Crippen molar-refractivity contribution >= 4 is 34.0 Å². The molecular formula is C31H25N3O2S. The molecule has 3 heterocycles. The van der Waals surface area contributed by atoms with Crippen LogP contribution in [0, 0.1) is 6.92 Å². The van der Waals surface area contributed by atoms with Crippen LogP contribution in [0.5, 0.6) is 5.75 Å². The van der Waals surface area contributed by atoms with Gasteiger partial charge in [0.05, 0.1) is 23.4 Å². The molecule has 7 rings (SSSR count). The highest BCUT2D eigenvalue weighted by Gasteiger charge is 2.34. The molecule has 37 heavy (non-hydrogen) atoms. The van der Waals surface area contributed by atoms with E-state index in [1.54, 1.807) is 7.11 Å². The summed E-state index contributed by atoms with van der Waals surface area (Å²) in [6, 6.07) is 24.5. The summed E-state index contributed by atoms with van der Waals surface area (Å²) in [5.41, 5.74) is 8.76. The molecule has 0 bridgehead atoms. The number of benzene rings is 3. The maximum absolute atomic E-state index is 14.1. The molecule has 1 N–H and O–H groups in total. The van der Waals surface area contributed by atoms with Gasteiger partial charge in [-0.05, 0) is 49.1 Å². The van der Waals surface area contributed by atoms with Gasteiger partial charge >= 0.3 is 0 Å². The number of hydrogen-bond acceptors (Lipinski definition) is 4. The van der Waals surface area contributed by atoms with Crippen LogP contribution in [0.2, 0.25) is 0 Å². The van der Waals surface area contributed by atoms with Crippen LogP contribution in [0.25, 0.3) is 22.7 Å². The SMILES string of the molecule is COc1ccccc1[C@H]1C2=C(N=c3s/c(=C\c4c(C)[nH]c5ccccc45)c(=O)n31)c1ccccc1CC2. The standard InChI is InChI=1S/C31H25N3O2S/c1-18-24(21-11-5-7-13-25(21)32-18)17-27-30(35)34-29(22-12-6-8-14-26(22)36-2)23-16-15-19-9-3-4-10-20(19)28(23)33-31(34)37-27/h3-14,17,29,32H,15-16H2,1-2H3/b27-17-/t29-/m0/s1. The molecule has 3 aromatic carbocycles. The van der Waals surface area contributed by atoms with Gasteiger partial charge < -0.3 is 9.72 Å². The lowest BCUT2D eigenvalue weighted by Gasteiger charge is -2.31. The minimum Gasteiger partial charge on any atom is -0.496 e. The molecule has 2 aliphatic rings. The first-order valence-corrected chi connectivity index (χ1v) is 13.3. The van der Waals surface area contributed by atoms with Crippen molar-refractivity contribution in [2.75, 3.05) is 7.11 Å². The number of thiazole rings is 1. The molecule has 1 atom stereocenters. The highest BCUT2D eigenvalue weighted by Crippen LogP contribution is 2.43. The van der Waals surface area contributed by atoms with Crippen LogP contribution in [0.1, 0.15) is 40.4 Å². The summed E-state index contributed by atoms with van der Waals surface area (Å²) in [5.74, 6) is 0.780. The third-order valence-corrected chi connectivity index (χ3v) is 8.51. The van der Waals surface area contributed by atoms with E-state index in [2.05, 4.69) is 54.4 Å². The average molecular weight is 504 g/mol. The molecular weight excluding hydrogens is 478 g/mol. The van der Waals surface area contributed by atoms with Gasteiger partial charge in [0.15, 0.2) is 4.80 Å². The summed E-state index contributed by atoms with van der Waals surface area (Å²) in [7, 11) is 1.69. The summed E-state index contributed by atoms with van der Waals surface area (Å²) in [4.78, 5) is 23.4. The van der Waals surface area contributed by atoms with Crippen molar-refractivity contribution in [1.82, 2.24) is 9.55 Å². The number of nitrogens with one attached hydrogen (secondary N) is 1. The first kappa shape index (κ1) is 22.1. The van der Waals surface area contributed by atoms with E-state index in [0.717, 1.165) is 62.4 Å². The summed E-state index contributed by atoms with van der Waals surface area (Å²) in [5, 5.41) is 1.11. The highest BCUT2D eigenvalue weighted by atomic mass is 32.1. The van der Waals surface area contributed by atoms with Gasteiger partial charge in [0, 0.05) is 33.3 Å². The molecule has 182 valence electrons. The number of aromatic nitrogens is 2. The zero-order valence-electron chi connectivity index (χ0n) is 20.6. The maximum atomic E-state index is 14.1. The van der Waals surface area contributed by atoms with Crippen LogP contribution < -0.4 is 19.6 Å². The summed E-state index contributed by atoms with van der Waals surface area (Å²) in [6.45, 7) is 2.05. The molecule has 5 nitrogen and oxygen atoms in total. The molecule has 6 heteroatoms. The molecule has 0 spiro atoms. The van der Waals surface area contributed by atoms with Gasteiger partial charge in [-0.25, -0.2) is 4.99 Å². The van der Waals surface area contributed by atoms with Crippen molar-refractivity contribution in [3.8, 4) is 5.75 Å². The molecule has 0 unspecified atom stereocenters. The van der Waals surface area contributed by atoms with E-state index in [-0.39, 0.29) is 11.6 Å². The fraction of sp³-hybridized carbons (Fsp3) is 0.161. The van der Waals surface area contributed by atoms with E-state index < -0.39 is 0 Å². The summed E-state index contributed by atoms with van der Waals surface area (Å²) >= 11 is 1.46. The van der Waals surface area contributed by atoms with Crippen molar-refractivity contribution in [2.45, 2.75) is 25.8 Å². The van der Waals surface area contributed by atoms with Crippen LogP contribution in [-0.4, -0.2) is 16.7 Å². The Morgan fingerprint density at radius 3 is 2.70 bits per heavy atom. The van der Waals surface area contributed by atoms with E-state index in [0.29, 0.717) is 4.53 Å². The van der Waals surface area contributed by atoms with E-state index in [9.17, 15) is 4.79 Å². The Morgan fingerprint density at radius 2 is 1.81 bits per heavy atom. The molecule has 2 aromatic heterocycles. The predicted octanol–water partition coefficient (Wildman–Crippen LogP) is 5.12. The Hall–Kier alpha value is -4.16. The lowest BCUT2D eigenvalue weighted by molar-refractivity contribution is 0.402. The van der Waals surface area contributed by atoms with Gasteiger partial charge in [0.2, 0.25) is 0 Å². The van der Waals surface area contributed by atoms with E-state index in [1.807, 2.05) is 41.0 Å². The number of H-pyrrole nitrogens is 1. The highest BCUT2D eigenvalue weighted by molar-refractivity contribution is 7.07. The number of aryl methyl sites for hydroxylation is 2. The summed E-state index contributed by atoms with van der Waals surface area (Å²) in [6.07, 6.45) is 3.80. The van der Waals surface area contributed by atoms with Gasteiger partial charge in [0.25, 0.3) is 5.56 Å². The molecule has 0 amide bonds. The lowest BCUT2D eigenvalue weighted by atomic mass is 9.83. The Morgan fingerprint density at radius 1 is 1.03 bits per heavy atom. The fourth-order valence-electron chi connectivity index (χ4n) is 5.81. The Labute approximate surface area is 217 Å². The van der Waals surface area contributed by atoms with Gasteiger partial charge in [-0.15, -0.1) is 0 Å². The van der Waals surface area contributed by atoms with Crippen molar-refractivity contribution in [2.24, 2.45) is 4.99 Å². The van der Waals surface area contributed by atoms with Gasteiger partial charge in [0.1, 0.15) is 5.75 Å². The normalized spacial score (nSPS) is 16.8. The second kappa shape index (κ2) is 8.46. The Balaban J connectivity index is 1.53. The van der Waals surface area contributed by atoms with Crippen molar-refractivity contribution in [3.05, 3.63) is 126 Å². The van der Waals surface area contributed by atoms with Crippen molar-refractivity contribution in [3.63, 3.8) is 0 Å². The molecule has 0 saturated heterocycles. The number of ether oxygens (including phenoxy) is 1. The first-order valence-electron chi connectivity index (χ1n) is 12.5. The fourth-order valence-corrected chi connectivity index (χ4v) is 6.79. The number of allylic oxidation sites excluding steroid dienone is 1. The number of aromatic amines is 1. The minimum atomic E-state index is -0.262. The number of rotatable bonds is 3. The number of nitrogens with zero attached hydrogens (tertiary/aromatic N) is 2.